The Bertz CT molecular complexity index is 59.7. The minimum atomic E-state index is -3.95. The Labute approximate surface area is 75.1 Å². The van der Waals surface area contributed by atoms with Gasteiger partial charge in [-0.2, -0.15) is 13.2 Å². The molecule has 0 atom stereocenters. The summed E-state index contributed by atoms with van der Waals surface area (Å²) in [6.45, 7) is 1.74. The van der Waals surface area contributed by atoms with Gasteiger partial charge in [-0.15, -0.1) is 0 Å². The monoisotopic (exact) mass is 150 g/mol. The fourth-order valence-electron chi connectivity index (χ4n) is 0.377. The van der Waals surface area contributed by atoms with E-state index in [0.717, 1.165) is 0 Å². The second-order valence-corrected chi connectivity index (χ2v) is 1.72. The van der Waals surface area contributed by atoms with Gasteiger partial charge >= 0.3 is 35.7 Å². The number of halogens is 3. The zero-order valence-electron chi connectivity index (χ0n) is 4.76. The van der Waals surface area contributed by atoms with Crippen LogP contribution >= 0.6 is 0 Å². The van der Waals surface area contributed by atoms with Crippen molar-refractivity contribution >= 4 is 29.6 Å². The molecule has 0 saturated heterocycles. The van der Waals surface area contributed by atoms with Crippen molar-refractivity contribution < 1.29 is 13.2 Å². The second kappa shape index (κ2) is 5.57. The molecule has 52 valence electrons. The number of hydrogen-bond acceptors (Lipinski definition) is 0. The van der Waals surface area contributed by atoms with Crippen molar-refractivity contribution in [1.82, 2.24) is 0 Å². The summed E-state index contributed by atoms with van der Waals surface area (Å²) in [6, 6.07) is 0. The van der Waals surface area contributed by atoms with E-state index < -0.39 is 12.6 Å². The normalized spacial score (nSPS) is 10.7. The summed E-state index contributed by atoms with van der Waals surface area (Å²) in [5.41, 5.74) is 0. The molecule has 0 aliphatic heterocycles. The van der Waals surface area contributed by atoms with E-state index in [2.05, 4.69) is 0 Å². The molecule has 0 nitrogen and oxygen atoms in total. The SMILES string of the molecule is CCCCC(F)(F)F.[NaH]. The van der Waals surface area contributed by atoms with E-state index in [1.807, 2.05) is 0 Å². The van der Waals surface area contributed by atoms with Gasteiger partial charge in [0.25, 0.3) is 0 Å². The molecule has 0 aliphatic rings. The molecule has 4 heteroatoms. The quantitative estimate of drug-likeness (QED) is 0.529. The first-order valence-corrected chi connectivity index (χ1v) is 2.63. The van der Waals surface area contributed by atoms with E-state index >= 15 is 0 Å². The van der Waals surface area contributed by atoms with Crippen LogP contribution in [0.25, 0.3) is 0 Å². The zero-order valence-corrected chi connectivity index (χ0v) is 4.76. The molecule has 0 amide bonds. The molecule has 0 fully saturated rings. The second-order valence-electron chi connectivity index (χ2n) is 1.72. The van der Waals surface area contributed by atoms with Gasteiger partial charge in [-0.3, -0.25) is 0 Å². The van der Waals surface area contributed by atoms with Crippen molar-refractivity contribution in [3.63, 3.8) is 0 Å². The van der Waals surface area contributed by atoms with Crippen molar-refractivity contribution in [3.05, 3.63) is 0 Å². The van der Waals surface area contributed by atoms with Crippen LogP contribution < -0.4 is 0 Å². The summed E-state index contributed by atoms with van der Waals surface area (Å²) in [5.74, 6) is 0. The molecule has 0 unspecified atom stereocenters. The van der Waals surface area contributed by atoms with Crippen molar-refractivity contribution in [3.8, 4) is 0 Å². The van der Waals surface area contributed by atoms with Gasteiger partial charge in [0.05, 0.1) is 0 Å². The molecule has 0 rings (SSSR count). The Balaban J connectivity index is 0. The van der Waals surface area contributed by atoms with Gasteiger partial charge in [-0.05, 0) is 6.42 Å². The molecule has 9 heavy (non-hydrogen) atoms. The van der Waals surface area contributed by atoms with Crippen LogP contribution in [0.3, 0.4) is 0 Å². The molecule has 0 bridgehead atoms. The van der Waals surface area contributed by atoms with E-state index in [-0.39, 0.29) is 36.0 Å². The first-order valence-electron chi connectivity index (χ1n) is 2.63. The maximum absolute atomic E-state index is 11.2. The van der Waals surface area contributed by atoms with E-state index in [1.165, 1.54) is 0 Å². The molecule has 0 aromatic carbocycles. The van der Waals surface area contributed by atoms with Crippen LogP contribution in [-0.4, -0.2) is 35.7 Å². The number of rotatable bonds is 2. The van der Waals surface area contributed by atoms with Crippen LogP contribution in [0, 0.1) is 0 Å². The van der Waals surface area contributed by atoms with Gasteiger partial charge in [-0.1, -0.05) is 13.3 Å². The van der Waals surface area contributed by atoms with Crippen LogP contribution in [0.1, 0.15) is 26.2 Å². The van der Waals surface area contributed by atoms with Crippen molar-refractivity contribution in [1.29, 1.82) is 0 Å². The predicted octanol–water partition coefficient (Wildman–Crippen LogP) is 2.09. The van der Waals surface area contributed by atoms with Gasteiger partial charge in [0.1, 0.15) is 0 Å². The third-order valence-corrected chi connectivity index (χ3v) is 0.814. The first-order chi connectivity index (χ1) is 3.56. The molecule has 0 aromatic heterocycles. The van der Waals surface area contributed by atoms with Crippen LogP contribution in [0.5, 0.6) is 0 Å². The third-order valence-electron chi connectivity index (χ3n) is 0.814. The fourth-order valence-corrected chi connectivity index (χ4v) is 0.377. The summed E-state index contributed by atoms with van der Waals surface area (Å²) < 4.78 is 33.7. The summed E-state index contributed by atoms with van der Waals surface area (Å²) in [4.78, 5) is 0. The van der Waals surface area contributed by atoms with Crippen molar-refractivity contribution in [2.75, 3.05) is 0 Å². The molecular weight excluding hydrogens is 140 g/mol. The van der Waals surface area contributed by atoms with Crippen LogP contribution in [0.4, 0.5) is 13.2 Å². The Kier molecular flexibility index (Phi) is 7.71. The van der Waals surface area contributed by atoms with Gasteiger partial charge in [-0.25, -0.2) is 0 Å². The van der Waals surface area contributed by atoms with E-state index in [0.29, 0.717) is 6.42 Å². The standard InChI is InChI=1S/C5H9F3.Na.H/c1-2-3-4-5(6,7)8;;/h2-4H2,1H3;;. The molecule has 0 aromatic rings. The topological polar surface area (TPSA) is 0 Å². The molecule has 0 saturated carbocycles. The fraction of sp³-hybridized carbons (Fsp3) is 1.00. The average Bonchev–Trinajstić information content (AvgIpc) is 1.59. The minimum absolute atomic E-state index is 0. The van der Waals surface area contributed by atoms with Gasteiger partial charge in [0.2, 0.25) is 0 Å². The summed E-state index contributed by atoms with van der Waals surface area (Å²) >= 11 is 0. The molecule has 0 aliphatic carbocycles. The summed E-state index contributed by atoms with van der Waals surface area (Å²) in [6.07, 6.45) is -3.72. The van der Waals surface area contributed by atoms with Gasteiger partial charge in [0, 0.05) is 6.42 Å². The van der Waals surface area contributed by atoms with Crippen LogP contribution in [0.2, 0.25) is 0 Å². The number of unbranched alkanes of at least 4 members (excludes halogenated alkanes) is 1. The third kappa shape index (κ3) is 12.1. The van der Waals surface area contributed by atoms with Crippen molar-refractivity contribution in [2.45, 2.75) is 32.4 Å². The predicted molar refractivity (Wildman–Crippen MR) is 32.7 cm³/mol. The molecule has 0 spiro atoms. The first kappa shape index (κ1) is 12.5. The summed E-state index contributed by atoms with van der Waals surface area (Å²) in [5, 5.41) is 0. The van der Waals surface area contributed by atoms with Crippen LogP contribution in [-0.2, 0) is 0 Å². The zero-order chi connectivity index (χ0) is 6.62. The molecular formula is C5H10F3Na. The Morgan fingerprint density at radius 1 is 1.22 bits per heavy atom. The van der Waals surface area contributed by atoms with Gasteiger partial charge < -0.3 is 0 Å². The van der Waals surface area contributed by atoms with E-state index in [9.17, 15) is 13.2 Å². The molecule has 0 radical (unpaired) electrons. The van der Waals surface area contributed by atoms with E-state index in [4.69, 9.17) is 0 Å². The Hall–Kier alpha value is 0.790. The Morgan fingerprint density at radius 2 is 1.67 bits per heavy atom. The van der Waals surface area contributed by atoms with E-state index in [1.54, 1.807) is 6.92 Å². The number of hydrogen-bond donors (Lipinski definition) is 0. The maximum atomic E-state index is 11.2. The average molecular weight is 150 g/mol. The van der Waals surface area contributed by atoms with Crippen molar-refractivity contribution in [2.24, 2.45) is 0 Å². The molecule has 0 heterocycles. The van der Waals surface area contributed by atoms with Crippen LogP contribution in [0.15, 0.2) is 0 Å². The Morgan fingerprint density at radius 3 is 1.78 bits per heavy atom. The summed E-state index contributed by atoms with van der Waals surface area (Å²) in [7, 11) is 0. The van der Waals surface area contributed by atoms with Gasteiger partial charge in [0.15, 0.2) is 0 Å². The number of alkyl halides is 3. The molecule has 0 N–H and O–H groups in total.